The van der Waals surface area contributed by atoms with Crippen LogP contribution < -0.4 is 10.5 Å². The van der Waals surface area contributed by atoms with Crippen LogP contribution in [0, 0.1) is 0 Å². The fourth-order valence-electron chi connectivity index (χ4n) is 2.56. The second-order valence-electron chi connectivity index (χ2n) is 6.01. The summed E-state index contributed by atoms with van der Waals surface area (Å²) in [5.74, 6) is 0.747. The highest BCUT2D eigenvalue weighted by molar-refractivity contribution is 6.37. The van der Waals surface area contributed by atoms with Gasteiger partial charge in [-0.15, -0.1) is 0 Å². The van der Waals surface area contributed by atoms with Crippen LogP contribution in [0.3, 0.4) is 0 Å². The standard InChI is InChI=1S/C17H19Cl2N5O/c1-23(2)6-7-25-14-8-10(11(18)9-12(14)19)15-16-13(4-5-24(16)3)21-17(20)22-15/h4-5,8-9H,6-7H2,1-3H3,(H2,20,21,22). The highest BCUT2D eigenvalue weighted by Crippen LogP contribution is 2.38. The average Bonchev–Trinajstić information content (AvgIpc) is 2.89. The minimum absolute atomic E-state index is 0.190. The lowest BCUT2D eigenvalue weighted by Gasteiger charge is -2.14. The summed E-state index contributed by atoms with van der Waals surface area (Å²) in [6.45, 7) is 1.29. The lowest BCUT2D eigenvalue weighted by Crippen LogP contribution is -2.19. The molecule has 132 valence electrons. The molecule has 0 bridgehead atoms. The van der Waals surface area contributed by atoms with Crippen molar-refractivity contribution in [3.8, 4) is 17.0 Å². The molecule has 2 aromatic heterocycles. The summed E-state index contributed by atoms with van der Waals surface area (Å²) in [6, 6.07) is 5.35. The van der Waals surface area contributed by atoms with E-state index in [9.17, 15) is 0 Å². The van der Waals surface area contributed by atoms with Crippen LogP contribution in [0.2, 0.25) is 10.0 Å². The van der Waals surface area contributed by atoms with E-state index in [2.05, 4.69) is 9.97 Å². The lowest BCUT2D eigenvalue weighted by molar-refractivity contribution is 0.261. The van der Waals surface area contributed by atoms with E-state index in [1.54, 1.807) is 12.1 Å². The highest BCUT2D eigenvalue weighted by Gasteiger charge is 2.17. The molecule has 0 saturated carbocycles. The molecule has 6 nitrogen and oxygen atoms in total. The van der Waals surface area contributed by atoms with Crippen molar-refractivity contribution in [2.45, 2.75) is 0 Å². The summed E-state index contributed by atoms with van der Waals surface area (Å²) in [6.07, 6.45) is 1.90. The van der Waals surface area contributed by atoms with E-state index in [4.69, 9.17) is 33.7 Å². The number of fused-ring (bicyclic) bond motifs is 1. The number of hydrogen-bond acceptors (Lipinski definition) is 5. The van der Waals surface area contributed by atoms with Crippen LogP contribution in [0.5, 0.6) is 5.75 Å². The van der Waals surface area contributed by atoms with Gasteiger partial charge >= 0.3 is 0 Å². The maximum atomic E-state index is 6.43. The minimum atomic E-state index is 0.190. The van der Waals surface area contributed by atoms with E-state index >= 15 is 0 Å². The molecule has 0 unspecified atom stereocenters. The fourth-order valence-corrected chi connectivity index (χ4v) is 3.09. The molecule has 0 aliphatic carbocycles. The van der Waals surface area contributed by atoms with E-state index < -0.39 is 0 Å². The van der Waals surface area contributed by atoms with Crippen LogP contribution in [-0.4, -0.2) is 46.7 Å². The van der Waals surface area contributed by atoms with Gasteiger partial charge in [-0.3, -0.25) is 0 Å². The van der Waals surface area contributed by atoms with Gasteiger partial charge in [-0.1, -0.05) is 23.2 Å². The van der Waals surface area contributed by atoms with Crippen LogP contribution in [0.4, 0.5) is 5.95 Å². The number of likely N-dealkylation sites (N-methyl/N-ethyl adjacent to an activating group) is 1. The van der Waals surface area contributed by atoms with Gasteiger partial charge in [0.15, 0.2) is 0 Å². The molecule has 0 radical (unpaired) electrons. The Morgan fingerprint density at radius 3 is 2.68 bits per heavy atom. The van der Waals surface area contributed by atoms with Crippen molar-refractivity contribution in [2.24, 2.45) is 7.05 Å². The number of nitrogen functional groups attached to an aromatic ring is 1. The highest BCUT2D eigenvalue weighted by atomic mass is 35.5. The predicted octanol–water partition coefficient (Wildman–Crippen LogP) is 3.46. The van der Waals surface area contributed by atoms with Crippen molar-refractivity contribution in [1.82, 2.24) is 19.4 Å². The molecule has 25 heavy (non-hydrogen) atoms. The number of hydrogen-bond donors (Lipinski definition) is 1. The van der Waals surface area contributed by atoms with Crippen molar-refractivity contribution >= 4 is 40.2 Å². The van der Waals surface area contributed by atoms with Gasteiger partial charge in [-0.25, -0.2) is 9.97 Å². The molecule has 3 rings (SSSR count). The zero-order valence-corrected chi connectivity index (χ0v) is 15.8. The zero-order chi connectivity index (χ0) is 18.1. The van der Waals surface area contributed by atoms with E-state index in [0.717, 1.165) is 17.6 Å². The van der Waals surface area contributed by atoms with Gasteiger partial charge in [0.2, 0.25) is 5.95 Å². The molecule has 0 atom stereocenters. The van der Waals surface area contributed by atoms with Gasteiger partial charge in [-0.2, -0.15) is 0 Å². The maximum absolute atomic E-state index is 6.43. The van der Waals surface area contributed by atoms with E-state index in [0.29, 0.717) is 33.7 Å². The number of aryl methyl sites for hydroxylation is 1. The molecule has 8 heteroatoms. The molecule has 0 aliphatic heterocycles. The Balaban J connectivity index is 2.09. The second kappa shape index (κ2) is 7.07. The summed E-state index contributed by atoms with van der Waals surface area (Å²) in [5, 5.41) is 0.934. The van der Waals surface area contributed by atoms with Gasteiger partial charge in [0.05, 0.1) is 21.1 Å². The average molecular weight is 380 g/mol. The molecule has 0 aliphatic rings. The van der Waals surface area contributed by atoms with E-state index in [-0.39, 0.29) is 5.95 Å². The van der Waals surface area contributed by atoms with Gasteiger partial charge in [0.1, 0.15) is 18.1 Å². The molecular weight excluding hydrogens is 361 g/mol. The first-order chi connectivity index (χ1) is 11.9. The second-order valence-corrected chi connectivity index (χ2v) is 6.82. The predicted molar refractivity (Wildman–Crippen MR) is 102 cm³/mol. The number of aromatic nitrogens is 3. The van der Waals surface area contributed by atoms with Crippen LogP contribution >= 0.6 is 23.2 Å². The minimum Gasteiger partial charge on any atom is -0.491 e. The normalized spacial score (nSPS) is 11.4. The van der Waals surface area contributed by atoms with E-state index in [1.165, 1.54) is 0 Å². The van der Waals surface area contributed by atoms with Gasteiger partial charge in [0.25, 0.3) is 0 Å². The summed E-state index contributed by atoms with van der Waals surface area (Å²) in [4.78, 5) is 10.7. The molecule has 1 aromatic carbocycles. The number of anilines is 1. The summed E-state index contributed by atoms with van der Waals surface area (Å²) in [5.41, 5.74) is 8.81. The van der Waals surface area contributed by atoms with Crippen molar-refractivity contribution in [1.29, 1.82) is 0 Å². The van der Waals surface area contributed by atoms with Crippen molar-refractivity contribution < 1.29 is 4.74 Å². The van der Waals surface area contributed by atoms with Gasteiger partial charge < -0.3 is 19.9 Å². The quantitative estimate of drug-likeness (QED) is 0.734. The number of nitrogens with zero attached hydrogens (tertiary/aromatic N) is 4. The third-order valence-electron chi connectivity index (χ3n) is 3.81. The molecule has 0 spiro atoms. The van der Waals surface area contributed by atoms with Crippen molar-refractivity contribution in [3.63, 3.8) is 0 Å². The number of halogens is 2. The third kappa shape index (κ3) is 3.66. The molecule has 0 fully saturated rings. The number of rotatable bonds is 5. The molecule has 2 N–H and O–H groups in total. The Morgan fingerprint density at radius 1 is 1.20 bits per heavy atom. The van der Waals surface area contributed by atoms with Crippen LogP contribution in [0.15, 0.2) is 24.4 Å². The molecule has 0 amide bonds. The SMILES string of the molecule is CN(C)CCOc1cc(-c2nc(N)nc3ccn(C)c23)c(Cl)cc1Cl. The first kappa shape index (κ1) is 17.8. The maximum Gasteiger partial charge on any atom is 0.221 e. The Bertz CT molecular complexity index is 923. The summed E-state index contributed by atoms with van der Waals surface area (Å²) in [7, 11) is 5.88. The fraction of sp³-hybridized carbons (Fsp3) is 0.294. The monoisotopic (exact) mass is 379 g/mol. The first-order valence-corrected chi connectivity index (χ1v) is 8.48. The molecule has 0 saturated heterocycles. The van der Waals surface area contributed by atoms with Crippen molar-refractivity contribution in [3.05, 3.63) is 34.4 Å². The van der Waals surface area contributed by atoms with E-state index in [1.807, 2.05) is 42.9 Å². The zero-order valence-electron chi connectivity index (χ0n) is 14.3. The summed E-state index contributed by atoms with van der Waals surface area (Å²) >= 11 is 12.7. The topological polar surface area (TPSA) is 69.2 Å². The van der Waals surface area contributed by atoms with Crippen LogP contribution in [0.25, 0.3) is 22.3 Å². The Labute approximate surface area is 156 Å². The largest absolute Gasteiger partial charge is 0.491 e. The number of ether oxygens (including phenoxy) is 1. The number of benzene rings is 1. The van der Waals surface area contributed by atoms with Gasteiger partial charge in [0, 0.05) is 25.4 Å². The van der Waals surface area contributed by atoms with Crippen LogP contribution in [-0.2, 0) is 7.05 Å². The van der Waals surface area contributed by atoms with Crippen LogP contribution in [0.1, 0.15) is 0 Å². The van der Waals surface area contributed by atoms with Crippen molar-refractivity contribution in [2.75, 3.05) is 33.0 Å². The van der Waals surface area contributed by atoms with Gasteiger partial charge in [-0.05, 0) is 32.3 Å². The third-order valence-corrected chi connectivity index (χ3v) is 4.42. The Morgan fingerprint density at radius 2 is 1.96 bits per heavy atom. The number of nitrogens with two attached hydrogens (primary N) is 1. The Kier molecular flexibility index (Phi) is 5.03. The first-order valence-electron chi connectivity index (χ1n) is 7.72. The Hall–Kier alpha value is -2.02. The molecule has 3 aromatic rings. The molecular formula is C17H19Cl2N5O. The summed E-state index contributed by atoms with van der Waals surface area (Å²) < 4.78 is 7.74. The lowest BCUT2D eigenvalue weighted by atomic mass is 10.1. The molecule has 2 heterocycles. The smallest absolute Gasteiger partial charge is 0.221 e.